The van der Waals surface area contributed by atoms with E-state index in [0.717, 1.165) is 35.3 Å². The maximum absolute atomic E-state index is 12.5. The molecule has 2 aromatic heterocycles. The van der Waals surface area contributed by atoms with Gasteiger partial charge >= 0.3 is 0 Å². The number of nitrogens with zero attached hydrogens (tertiary/aromatic N) is 2. The van der Waals surface area contributed by atoms with E-state index in [-0.39, 0.29) is 11.1 Å². The monoisotopic (exact) mass is 400 g/mol. The number of ether oxygens (including phenoxy) is 1. The Morgan fingerprint density at radius 1 is 1.37 bits per heavy atom. The molecule has 3 aromatic rings. The summed E-state index contributed by atoms with van der Waals surface area (Å²) in [5.41, 5.74) is 3.60. The Labute approximate surface area is 165 Å². The van der Waals surface area contributed by atoms with Crippen LogP contribution < -0.4 is 15.4 Å². The van der Waals surface area contributed by atoms with Crippen molar-refractivity contribution in [3.05, 3.63) is 52.8 Å². The number of carbonyl (C=O) groups excluding carboxylic acids is 1. The van der Waals surface area contributed by atoms with Crippen molar-refractivity contribution in [1.82, 2.24) is 15.3 Å². The molecule has 0 spiro atoms. The van der Waals surface area contributed by atoms with E-state index in [0.29, 0.717) is 16.4 Å². The number of fused-ring (bicyclic) bond motifs is 1. The maximum atomic E-state index is 12.5. The highest BCUT2D eigenvalue weighted by molar-refractivity contribution is 7.22. The Morgan fingerprint density at radius 2 is 2.26 bits per heavy atom. The first kappa shape index (κ1) is 17.9. The number of hydrogen-bond acceptors (Lipinski definition) is 6. The summed E-state index contributed by atoms with van der Waals surface area (Å²) < 4.78 is 6.47. The van der Waals surface area contributed by atoms with Crippen molar-refractivity contribution in [3.63, 3.8) is 0 Å². The van der Waals surface area contributed by atoms with Crippen LogP contribution in [0.4, 0.5) is 5.13 Å². The summed E-state index contributed by atoms with van der Waals surface area (Å²) in [7, 11) is 1.62. The normalized spacial score (nSPS) is 14.1. The quantitative estimate of drug-likeness (QED) is 0.648. The molecule has 0 fully saturated rings. The molecule has 1 aliphatic heterocycles. The molecular weight excluding hydrogens is 384 g/mol. The molecule has 0 atom stereocenters. The number of pyridine rings is 1. The molecule has 0 bridgehead atoms. The van der Waals surface area contributed by atoms with E-state index in [9.17, 15) is 4.79 Å². The van der Waals surface area contributed by atoms with Crippen LogP contribution in [0.3, 0.4) is 0 Å². The molecule has 138 valence electrons. The minimum Gasteiger partial charge on any atom is -0.494 e. The topological polar surface area (TPSA) is 76.1 Å². The fraction of sp³-hybridized carbons (Fsp3) is 0.211. The van der Waals surface area contributed by atoms with Gasteiger partial charge in [-0.25, -0.2) is 9.97 Å². The number of amides is 1. The first-order valence-electron chi connectivity index (χ1n) is 8.46. The minimum atomic E-state index is -0.278. The summed E-state index contributed by atoms with van der Waals surface area (Å²) in [4.78, 5) is 21.0. The molecule has 1 amide bonds. The van der Waals surface area contributed by atoms with Crippen LogP contribution >= 0.6 is 22.9 Å². The van der Waals surface area contributed by atoms with Gasteiger partial charge < -0.3 is 10.1 Å². The number of benzene rings is 1. The van der Waals surface area contributed by atoms with Gasteiger partial charge in [-0.05, 0) is 48.4 Å². The van der Waals surface area contributed by atoms with Gasteiger partial charge in [-0.15, -0.1) is 0 Å². The smallest absolute Gasteiger partial charge is 0.257 e. The molecule has 4 rings (SSSR count). The van der Waals surface area contributed by atoms with Crippen LogP contribution in [0, 0.1) is 0 Å². The number of methoxy groups -OCH3 is 1. The number of carbonyl (C=O) groups is 1. The predicted molar refractivity (Wildman–Crippen MR) is 109 cm³/mol. The lowest BCUT2D eigenvalue weighted by atomic mass is 10.00. The van der Waals surface area contributed by atoms with Crippen LogP contribution in [0.1, 0.15) is 22.3 Å². The Hall–Kier alpha value is -2.48. The molecule has 3 heterocycles. The van der Waals surface area contributed by atoms with Crippen LogP contribution in [0.15, 0.2) is 36.5 Å². The molecule has 0 radical (unpaired) electrons. The molecule has 6 nitrogen and oxygen atoms in total. The van der Waals surface area contributed by atoms with Gasteiger partial charge in [0.15, 0.2) is 5.13 Å². The summed E-state index contributed by atoms with van der Waals surface area (Å²) in [5.74, 6) is 0.409. The third-order valence-corrected chi connectivity index (χ3v) is 5.56. The molecule has 0 unspecified atom stereocenters. The Kier molecular flexibility index (Phi) is 5.07. The first-order chi connectivity index (χ1) is 13.2. The molecular formula is C19H17ClN4O2S. The van der Waals surface area contributed by atoms with Crippen LogP contribution in [-0.4, -0.2) is 36.1 Å². The summed E-state index contributed by atoms with van der Waals surface area (Å²) in [6.07, 6.45) is 4.65. The van der Waals surface area contributed by atoms with Crippen LogP contribution in [0.5, 0.6) is 5.75 Å². The zero-order valence-electron chi connectivity index (χ0n) is 14.6. The molecule has 8 heteroatoms. The first-order valence-corrected chi connectivity index (χ1v) is 9.65. The van der Waals surface area contributed by atoms with Gasteiger partial charge in [0, 0.05) is 18.3 Å². The van der Waals surface area contributed by atoms with Crippen LogP contribution in [0.25, 0.3) is 15.8 Å². The van der Waals surface area contributed by atoms with E-state index in [4.69, 9.17) is 16.3 Å². The van der Waals surface area contributed by atoms with Gasteiger partial charge in [-0.2, -0.15) is 0 Å². The van der Waals surface area contributed by atoms with Crippen molar-refractivity contribution in [2.24, 2.45) is 0 Å². The fourth-order valence-electron chi connectivity index (χ4n) is 3.03. The van der Waals surface area contributed by atoms with E-state index >= 15 is 0 Å². The van der Waals surface area contributed by atoms with Crippen molar-refractivity contribution in [1.29, 1.82) is 0 Å². The summed E-state index contributed by atoms with van der Waals surface area (Å²) in [5, 5.41) is 6.96. The number of halogens is 1. The summed E-state index contributed by atoms with van der Waals surface area (Å²) >= 11 is 7.31. The van der Waals surface area contributed by atoms with E-state index in [1.165, 1.54) is 29.2 Å². The average molecular weight is 401 g/mol. The van der Waals surface area contributed by atoms with Crippen LogP contribution in [0.2, 0.25) is 5.15 Å². The molecule has 2 N–H and O–H groups in total. The standard InChI is InChI=1S/C19H17ClN4O2S/c1-26-14-3-2-13(11-4-7-21-8-5-11)17-16(14)23-19(27-17)24-18(25)12-6-9-22-15(20)10-12/h2-4,6,9-10,21H,5,7-8H2,1H3,(H,23,24,25). The third-order valence-electron chi connectivity index (χ3n) is 4.35. The number of aromatic nitrogens is 2. The van der Waals surface area contributed by atoms with Gasteiger partial charge in [-0.1, -0.05) is 29.0 Å². The molecule has 0 saturated carbocycles. The lowest BCUT2D eigenvalue weighted by molar-refractivity contribution is 0.102. The maximum Gasteiger partial charge on any atom is 0.257 e. The average Bonchev–Trinajstić information content (AvgIpc) is 3.11. The second-order valence-electron chi connectivity index (χ2n) is 6.02. The largest absolute Gasteiger partial charge is 0.494 e. The lowest BCUT2D eigenvalue weighted by Crippen LogP contribution is -2.20. The summed E-state index contributed by atoms with van der Waals surface area (Å²) in [6.45, 7) is 1.80. The highest BCUT2D eigenvalue weighted by Crippen LogP contribution is 2.39. The lowest BCUT2D eigenvalue weighted by Gasteiger charge is -2.15. The molecule has 1 aliphatic rings. The van der Waals surface area contributed by atoms with E-state index in [1.54, 1.807) is 13.2 Å². The zero-order valence-corrected chi connectivity index (χ0v) is 16.2. The van der Waals surface area contributed by atoms with Crippen molar-refractivity contribution < 1.29 is 9.53 Å². The zero-order chi connectivity index (χ0) is 18.8. The van der Waals surface area contributed by atoms with Gasteiger partial charge in [-0.3, -0.25) is 10.1 Å². The number of rotatable bonds is 4. The van der Waals surface area contributed by atoms with Crippen molar-refractivity contribution in [3.8, 4) is 5.75 Å². The van der Waals surface area contributed by atoms with Gasteiger partial charge in [0.2, 0.25) is 0 Å². The molecule has 27 heavy (non-hydrogen) atoms. The number of hydrogen-bond donors (Lipinski definition) is 2. The second kappa shape index (κ2) is 7.64. The fourth-order valence-corrected chi connectivity index (χ4v) is 4.23. The number of thiazole rings is 1. The Morgan fingerprint density at radius 3 is 3.00 bits per heavy atom. The van der Waals surface area contributed by atoms with Gasteiger partial charge in [0.25, 0.3) is 5.91 Å². The van der Waals surface area contributed by atoms with Crippen LogP contribution in [-0.2, 0) is 0 Å². The highest BCUT2D eigenvalue weighted by atomic mass is 35.5. The molecule has 1 aromatic carbocycles. The van der Waals surface area contributed by atoms with Crippen molar-refractivity contribution >= 4 is 49.8 Å². The van der Waals surface area contributed by atoms with E-state index in [1.807, 2.05) is 6.07 Å². The van der Waals surface area contributed by atoms with E-state index in [2.05, 4.69) is 32.7 Å². The van der Waals surface area contributed by atoms with E-state index < -0.39 is 0 Å². The van der Waals surface area contributed by atoms with Gasteiger partial charge in [0.1, 0.15) is 16.4 Å². The van der Waals surface area contributed by atoms with Gasteiger partial charge in [0.05, 0.1) is 11.8 Å². The number of nitrogens with one attached hydrogen (secondary N) is 2. The number of anilines is 1. The highest BCUT2D eigenvalue weighted by Gasteiger charge is 2.18. The third kappa shape index (κ3) is 3.66. The van der Waals surface area contributed by atoms with Crippen molar-refractivity contribution in [2.45, 2.75) is 6.42 Å². The Balaban J connectivity index is 1.72. The Bertz CT molecular complexity index is 1050. The van der Waals surface area contributed by atoms with Crippen molar-refractivity contribution in [2.75, 3.05) is 25.5 Å². The molecule has 0 saturated heterocycles. The summed E-state index contributed by atoms with van der Waals surface area (Å²) in [6, 6.07) is 7.12. The SMILES string of the molecule is COc1ccc(C2=CCNCC2)c2sc(NC(=O)c3ccnc(Cl)c3)nc12. The second-order valence-corrected chi connectivity index (χ2v) is 7.40. The minimum absolute atomic E-state index is 0.272. The molecule has 0 aliphatic carbocycles. The predicted octanol–water partition coefficient (Wildman–Crippen LogP) is 3.98.